The number of benzene rings is 2. The molecule has 4 rings (SSSR count). The number of nitrogens with one attached hydrogen (secondary N) is 1. The molecular formula is C24H27ClFN3S. The van der Waals surface area contributed by atoms with Crippen molar-refractivity contribution in [2.75, 3.05) is 5.32 Å². The maximum absolute atomic E-state index is 13.6. The molecule has 1 aliphatic carbocycles. The summed E-state index contributed by atoms with van der Waals surface area (Å²) < 4.78 is 15.8. The standard InChI is InChI=1S/C24H27ClFN3S/c1-2-28-15-17(20-10-6-7-11-23(20)28)16-29(19-8-4-3-5-9-19)24(30)27-18-12-13-22(26)21(25)14-18/h6-7,10-15,19H,2-5,8-9,16H2,1H3,(H,27,30). The summed E-state index contributed by atoms with van der Waals surface area (Å²) in [5.74, 6) is -0.426. The number of aryl methyl sites for hydroxylation is 1. The summed E-state index contributed by atoms with van der Waals surface area (Å²) in [5, 5.41) is 5.33. The quantitative estimate of drug-likeness (QED) is 0.429. The van der Waals surface area contributed by atoms with Crippen LogP contribution in [0.3, 0.4) is 0 Å². The van der Waals surface area contributed by atoms with Gasteiger partial charge < -0.3 is 14.8 Å². The molecular weight excluding hydrogens is 417 g/mol. The van der Waals surface area contributed by atoms with Crippen LogP contribution in [0.2, 0.25) is 5.02 Å². The summed E-state index contributed by atoms with van der Waals surface area (Å²) >= 11 is 11.8. The highest BCUT2D eigenvalue weighted by atomic mass is 35.5. The average molecular weight is 444 g/mol. The number of rotatable bonds is 5. The van der Waals surface area contributed by atoms with E-state index in [1.54, 1.807) is 12.1 Å². The Morgan fingerprint density at radius 1 is 1.20 bits per heavy atom. The molecule has 1 N–H and O–H groups in total. The summed E-state index contributed by atoms with van der Waals surface area (Å²) in [5.41, 5.74) is 3.24. The van der Waals surface area contributed by atoms with Crippen molar-refractivity contribution >= 4 is 45.5 Å². The van der Waals surface area contributed by atoms with Crippen molar-refractivity contribution in [1.29, 1.82) is 0 Å². The summed E-state index contributed by atoms with van der Waals surface area (Å²) in [6, 6.07) is 13.6. The smallest absolute Gasteiger partial charge is 0.173 e. The predicted molar refractivity (Wildman–Crippen MR) is 128 cm³/mol. The molecule has 0 unspecified atom stereocenters. The van der Waals surface area contributed by atoms with Gasteiger partial charge in [-0.2, -0.15) is 0 Å². The molecule has 30 heavy (non-hydrogen) atoms. The fourth-order valence-electron chi connectivity index (χ4n) is 4.42. The molecule has 1 aromatic heterocycles. The van der Waals surface area contributed by atoms with Gasteiger partial charge >= 0.3 is 0 Å². The molecule has 0 bridgehead atoms. The third-order valence-electron chi connectivity index (χ3n) is 6.00. The third kappa shape index (κ3) is 4.47. The van der Waals surface area contributed by atoms with E-state index in [1.807, 2.05) is 0 Å². The van der Waals surface area contributed by atoms with E-state index in [2.05, 4.69) is 52.2 Å². The number of aromatic nitrogens is 1. The number of thiocarbonyl (C=S) groups is 1. The number of hydrogen-bond acceptors (Lipinski definition) is 1. The zero-order valence-corrected chi connectivity index (χ0v) is 18.8. The van der Waals surface area contributed by atoms with Crippen molar-refractivity contribution in [1.82, 2.24) is 9.47 Å². The molecule has 0 spiro atoms. The van der Waals surface area contributed by atoms with E-state index in [4.69, 9.17) is 23.8 Å². The number of nitrogens with zero attached hydrogens (tertiary/aromatic N) is 2. The van der Waals surface area contributed by atoms with Gasteiger partial charge in [0.25, 0.3) is 0 Å². The minimum atomic E-state index is -0.426. The molecule has 1 aliphatic rings. The molecule has 2 aromatic carbocycles. The van der Waals surface area contributed by atoms with Gasteiger partial charge in [-0.05, 0) is 61.8 Å². The summed E-state index contributed by atoms with van der Waals surface area (Å²) in [6.07, 6.45) is 8.26. The highest BCUT2D eigenvalue weighted by molar-refractivity contribution is 7.80. The zero-order valence-electron chi connectivity index (χ0n) is 17.2. The summed E-state index contributed by atoms with van der Waals surface area (Å²) in [6.45, 7) is 3.85. The lowest BCUT2D eigenvalue weighted by atomic mass is 9.94. The van der Waals surface area contributed by atoms with Gasteiger partial charge in [0.15, 0.2) is 5.11 Å². The Kier molecular flexibility index (Phi) is 6.59. The lowest BCUT2D eigenvalue weighted by Gasteiger charge is -2.36. The normalized spacial score (nSPS) is 14.8. The van der Waals surface area contributed by atoms with Gasteiger partial charge in [-0.1, -0.05) is 49.1 Å². The topological polar surface area (TPSA) is 20.2 Å². The van der Waals surface area contributed by atoms with Crippen molar-refractivity contribution in [3.63, 3.8) is 0 Å². The van der Waals surface area contributed by atoms with Crippen LogP contribution >= 0.6 is 23.8 Å². The van der Waals surface area contributed by atoms with Gasteiger partial charge in [-0.3, -0.25) is 0 Å². The number of halogens is 2. The van der Waals surface area contributed by atoms with Gasteiger partial charge in [0.05, 0.1) is 5.02 Å². The van der Waals surface area contributed by atoms with Gasteiger partial charge in [-0.15, -0.1) is 0 Å². The molecule has 1 saturated carbocycles. The van der Waals surface area contributed by atoms with Crippen LogP contribution in [-0.4, -0.2) is 20.6 Å². The van der Waals surface area contributed by atoms with E-state index >= 15 is 0 Å². The Balaban J connectivity index is 1.63. The lowest BCUT2D eigenvalue weighted by Crippen LogP contribution is -2.43. The summed E-state index contributed by atoms with van der Waals surface area (Å²) in [4.78, 5) is 2.31. The highest BCUT2D eigenvalue weighted by Gasteiger charge is 2.25. The Hall–Kier alpha value is -2.11. The number of fused-ring (bicyclic) bond motifs is 1. The molecule has 0 atom stereocenters. The Morgan fingerprint density at radius 2 is 1.97 bits per heavy atom. The van der Waals surface area contributed by atoms with Crippen LogP contribution in [0.15, 0.2) is 48.7 Å². The first-order valence-electron chi connectivity index (χ1n) is 10.7. The third-order valence-corrected chi connectivity index (χ3v) is 6.63. The van der Waals surface area contributed by atoms with Gasteiger partial charge in [-0.25, -0.2) is 4.39 Å². The lowest BCUT2D eigenvalue weighted by molar-refractivity contribution is 0.241. The Labute approximate surface area is 187 Å². The molecule has 3 nitrogen and oxygen atoms in total. The monoisotopic (exact) mass is 443 g/mol. The van der Waals surface area contributed by atoms with Crippen molar-refractivity contribution in [3.05, 3.63) is 65.1 Å². The van der Waals surface area contributed by atoms with Gasteiger partial charge in [0.2, 0.25) is 0 Å². The van der Waals surface area contributed by atoms with Crippen LogP contribution in [0.4, 0.5) is 10.1 Å². The van der Waals surface area contributed by atoms with Crippen molar-refractivity contribution in [3.8, 4) is 0 Å². The van der Waals surface area contributed by atoms with Crippen LogP contribution in [-0.2, 0) is 13.1 Å². The fourth-order valence-corrected chi connectivity index (χ4v) is 4.93. The summed E-state index contributed by atoms with van der Waals surface area (Å²) in [7, 11) is 0. The first kappa shape index (κ1) is 21.1. The molecule has 0 aliphatic heterocycles. The second kappa shape index (κ2) is 9.36. The van der Waals surface area contributed by atoms with E-state index in [0.717, 1.165) is 25.9 Å². The minimum Gasteiger partial charge on any atom is -0.347 e. The first-order chi connectivity index (χ1) is 14.6. The molecule has 158 valence electrons. The van der Waals surface area contributed by atoms with Gasteiger partial charge in [0, 0.05) is 41.9 Å². The average Bonchev–Trinajstić information content (AvgIpc) is 3.13. The van der Waals surface area contributed by atoms with E-state index in [-0.39, 0.29) is 5.02 Å². The van der Waals surface area contributed by atoms with Crippen molar-refractivity contribution in [2.45, 2.75) is 58.2 Å². The number of para-hydroxylation sites is 1. The van der Waals surface area contributed by atoms with Crippen LogP contribution in [0.5, 0.6) is 0 Å². The predicted octanol–water partition coefficient (Wildman–Crippen LogP) is 6.99. The fraction of sp³-hybridized carbons (Fsp3) is 0.375. The second-order valence-electron chi connectivity index (χ2n) is 7.94. The Morgan fingerprint density at radius 3 is 2.70 bits per heavy atom. The van der Waals surface area contributed by atoms with E-state index < -0.39 is 5.82 Å². The molecule has 1 fully saturated rings. The maximum atomic E-state index is 13.6. The van der Waals surface area contributed by atoms with Crippen LogP contribution in [0.25, 0.3) is 10.9 Å². The van der Waals surface area contributed by atoms with E-state index in [9.17, 15) is 4.39 Å². The van der Waals surface area contributed by atoms with Gasteiger partial charge in [0.1, 0.15) is 5.82 Å². The first-order valence-corrected chi connectivity index (χ1v) is 11.4. The van der Waals surface area contributed by atoms with E-state index in [1.165, 1.54) is 41.8 Å². The zero-order chi connectivity index (χ0) is 21.1. The van der Waals surface area contributed by atoms with Crippen LogP contribution in [0, 0.1) is 5.82 Å². The molecule has 6 heteroatoms. The number of anilines is 1. The van der Waals surface area contributed by atoms with Crippen LogP contribution < -0.4 is 5.32 Å². The number of hydrogen-bond donors (Lipinski definition) is 1. The minimum absolute atomic E-state index is 0.0954. The van der Waals surface area contributed by atoms with E-state index in [0.29, 0.717) is 16.8 Å². The molecule has 0 saturated heterocycles. The SMILES string of the molecule is CCn1cc(CN(C(=S)Nc2ccc(F)c(Cl)c2)C2CCCCC2)c2ccccc21. The molecule has 1 heterocycles. The molecule has 0 radical (unpaired) electrons. The van der Waals surface area contributed by atoms with Crippen molar-refractivity contribution in [2.24, 2.45) is 0 Å². The van der Waals surface area contributed by atoms with Crippen molar-refractivity contribution < 1.29 is 4.39 Å². The molecule has 0 amide bonds. The second-order valence-corrected chi connectivity index (χ2v) is 8.73. The Bertz CT molecular complexity index is 1040. The highest BCUT2D eigenvalue weighted by Crippen LogP contribution is 2.29. The maximum Gasteiger partial charge on any atom is 0.173 e. The molecule has 3 aromatic rings. The van der Waals surface area contributed by atoms with Crippen LogP contribution in [0.1, 0.15) is 44.6 Å². The largest absolute Gasteiger partial charge is 0.347 e.